The maximum Gasteiger partial charge on any atom is 0.192 e. The maximum atomic E-state index is 11.8. The molecule has 0 saturated heterocycles. The first-order valence-corrected chi connectivity index (χ1v) is 7.49. The average Bonchev–Trinajstić information content (AvgIpc) is 2.30. The zero-order valence-corrected chi connectivity index (χ0v) is 10.8. The Kier molecular flexibility index (Phi) is 7.16. The SMILES string of the molecule is CCCCCCSC(=O)C1CCCCC1. The molecule has 0 aromatic rings. The summed E-state index contributed by atoms with van der Waals surface area (Å²) < 4.78 is 0. The van der Waals surface area contributed by atoms with Gasteiger partial charge in [0.15, 0.2) is 5.12 Å². The van der Waals surface area contributed by atoms with Gasteiger partial charge in [-0.1, -0.05) is 57.2 Å². The molecule has 1 nitrogen and oxygen atoms in total. The van der Waals surface area contributed by atoms with Gasteiger partial charge in [-0.2, -0.15) is 0 Å². The molecule has 0 radical (unpaired) electrons. The minimum atomic E-state index is 0.398. The van der Waals surface area contributed by atoms with E-state index in [0.717, 1.165) is 18.6 Å². The molecule has 0 bridgehead atoms. The third-order valence-corrected chi connectivity index (χ3v) is 4.29. The van der Waals surface area contributed by atoms with E-state index in [4.69, 9.17) is 0 Å². The number of rotatable bonds is 6. The molecule has 1 rings (SSSR count). The molecule has 1 aliphatic carbocycles. The van der Waals surface area contributed by atoms with E-state index in [1.165, 1.54) is 44.9 Å². The fourth-order valence-corrected chi connectivity index (χ4v) is 3.18. The lowest BCUT2D eigenvalue weighted by atomic mass is 9.90. The lowest BCUT2D eigenvalue weighted by Gasteiger charge is -2.19. The van der Waals surface area contributed by atoms with Crippen LogP contribution in [-0.4, -0.2) is 10.9 Å². The van der Waals surface area contributed by atoms with Gasteiger partial charge >= 0.3 is 0 Å². The highest BCUT2D eigenvalue weighted by atomic mass is 32.2. The van der Waals surface area contributed by atoms with Crippen LogP contribution in [0.15, 0.2) is 0 Å². The summed E-state index contributed by atoms with van der Waals surface area (Å²) in [6, 6.07) is 0. The third kappa shape index (κ3) is 5.60. The molecule has 15 heavy (non-hydrogen) atoms. The van der Waals surface area contributed by atoms with E-state index in [-0.39, 0.29) is 0 Å². The molecule has 1 aliphatic rings. The summed E-state index contributed by atoms with van der Waals surface area (Å²) in [5.41, 5.74) is 0. The van der Waals surface area contributed by atoms with Crippen LogP contribution in [0, 0.1) is 5.92 Å². The molecule has 0 unspecified atom stereocenters. The predicted octanol–water partition coefficient (Wildman–Crippen LogP) is 4.41. The molecule has 0 atom stereocenters. The lowest BCUT2D eigenvalue weighted by molar-refractivity contribution is -0.115. The number of hydrogen-bond donors (Lipinski definition) is 0. The first kappa shape index (κ1) is 13.1. The molecule has 0 N–H and O–H groups in total. The van der Waals surface area contributed by atoms with Crippen LogP contribution < -0.4 is 0 Å². The highest BCUT2D eigenvalue weighted by molar-refractivity contribution is 8.13. The van der Waals surface area contributed by atoms with Crippen molar-refractivity contribution >= 4 is 16.9 Å². The van der Waals surface area contributed by atoms with E-state index in [9.17, 15) is 4.79 Å². The van der Waals surface area contributed by atoms with Gasteiger partial charge in [0.05, 0.1) is 0 Å². The zero-order valence-electron chi connectivity index (χ0n) is 9.96. The van der Waals surface area contributed by atoms with E-state index >= 15 is 0 Å². The first-order valence-electron chi connectivity index (χ1n) is 6.51. The second kappa shape index (κ2) is 8.20. The molecule has 0 spiro atoms. The van der Waals surface area contributed by atoms with Gasteiger partial charge in [0, 0.05) is 11.7 Å². The predicted molar refractivity (Wildman–Crippen MR) is 68.2 cm³/mol. The summed E-state index contributed by atoms with van der Waals surface area (Å²) in [6.07, 6.45) is 11.3. The lowest BCUT2D eigenvalue weighted by Crippen LogP contribution is -2.14. The second-order valence-corrected chi connectivity index (χ2v) is 5.66. The summed E-state index contributed by atoms with van der Waals surface area (Å²) in [7, 11) is 0. The number of hydrogen-bond acceptors (Lipinski definition) is 2. The van der Waals surface area contributed by atoms with Crippen molar-refractivity contribution in [3.8, 4) is 0 Å². The molecule has 0 aliphatic heterocycles. The van der Waals surface area contributed by atoms with Crippen LogP contribution in [0.2, 0.25) is 0 Å². The van der Waals surface area contributed by atoms with Crippen molar-refractivity contribution in [1.82, 2.24) is 0 Å². The van der Waals surface area contributed by atoms with E-state index in [0.29, 0.717) is 11.0 Å². The highest BCUT2D eigenvalue weighted by Gasteiger charge is 2.20. The van der Waals surface area contributed by atoms with E-state index in [1.807, 2.05) is 0 Å². The topological polar surface area (TPSA) is 17.1 Å². The molecule has 1 fully saturated rings. The van der Waals surface area contributed by atoms with Crippen molar-refractivity contribution in [1.29, 1.82) is 0 Å². The molecular formula is C13H24OS. The Labute approximate surface area is 98.4 Å². The normalized spacial score (nSPS) is 17.9. The van der Waals surface area contributed by atoms with Crippen LogP contribution >= 0.6 is 11.8 Å². The summed E-state index contributed by atoms with van der Waals surface area (Å²) in [5.74, 6) is 1.45. The van der Waals surface area contributed by atoms with E-state index < -0.39 is 0 Å². The third-order valence-electron chi connectivity index (χ3n) is 3.18. The molecule has 0 aromatic carbocycles. The van der Waals surface area contributed by atoms with Gasteiger partial charge in [0.1, 0.15) is 0 Å². The largest absolute Gasteiger partial charge is 0.287 e. The van der Waals surface area contributed by atoms with E-state index in [2.05, 4.69) is 6.92 Å². The van der Waals surface area contributed by atoms with Crippen molar-refractivity contribution in [2.75, 3.05) is 5.75 Å². The van der Waals surface area contributed by atoms with Crippen LogP contribution in [0.4, 0.5) is 0 Å². The van der Waals surface area contributed by atoms with E-state index in [1.54, 1.807) is 11.8 Å². The Hall–Kier alpha value is 0.0200. The Morgan fingerprint density at radius 3 is 2.53 bits per heavy atom. The van der Waals surface area contributed by atoms with Crippen LogP contribution in [0.3, 0.4) is 0 Å². The van der Waals surface area contributed by atoms with Crippen LogP contribution in [-0.2, 0) is 4.79 Å². The summed E-state index contributed by atoms with van der Waals surface area (Å²) in [5, 5.41) is 0.478. The van der Waals surface area contributed by atoms with Crippen molar-refractivity contribution in [2.45, 2.75) is 64.7 Å². The van der Waals surface area contributed by atoms with Gasteiger partial charge in [0.25, 0.3) is 0 Å². The molecule has 0 heterocycles. The summed E-state index contributed by atoms with van der Waals surface area (Å²) >= 11 is 1.59. The number of carbonyl (C=O) groups is 1. The standard InChI is InChI=1S/C13H24OS/c1-2-3-4-8-11-15-13(14)12-9-6-5-7-10-12/h12H,2-11H2,1H3. The molecule has 88 valence electrons. The van der Waals surface area contributed by atoms with Crippen molar-refractivity contribution in [3.63, 3.8) is 0 Å². The fourth-order valence-electron chi connectivity index (χ4n) is 2.16. The van der Waals surface area contributed by atoms with Gasteiger partial charge in [-0.15, -0.1) is 0 Å². The molecular weight excluding hydrogens is 204 g/mol. The van der Waals surface area contributed by atoms with Gasteiger partial charge < -0.3 is 0 Å². The maximum absolute atomic E-state index is 11.8. The zero-order chi connectivity index (χ0) is 10.9. The Morgan fingerprint density at radius 2 is 1.87 bits per heavy atom. The van der Waals surface area contributed by atoms with Crippen LogP contribution in [0.5, 0.6) is 0 Å². The quantitative estimate of drug-likeness (QED) is 0.626. The molecule has 0 aromatic heterocycles. The van der Waals surface area contributed by atoms with Gasteiger partial charge in [-0.3, -0.25) is 4.79 Å². The summed E-state index contributed by atoms with van der Waals surface area (Å²) in [6.45, 7) is 2.22. The van der Waals surface area contributed by atoms with Crippen molar-refractivity contribution in [2.24, 2.45) is 5.92 Å². The monoisotopic (exact) mass is 228 g/mol. The molecule has 1 saturated carbocycles. The van der Waals surface area contributed by atoms with Gasteiger partial charge in [-0.05, 0) is 19.3 Å². The number of thioether (sulfide) groups is 1. The second-order valence-electron chi connectivity index (χ2n) is 4.56. The van der Waals surface area contributed by atoms with Gasteiger partial charge in [0.2, 0.25) is 0 Å². The van der Waals surface area contributed by atoms with Crippen LogP contribution in [0.1, 0.15) is 64.7 Å². The van der Waals surface area contributed by atoms with Crippen molar-refractivity contribution < 1.29 is 4.79 Å². The van der Waals surface area contributed by atoms with Crippen LogP contribution in [0.25, 0.3) is 0 Å². The molecule has 0 amide bonds. The minimum Gasteiger partial charge on any atom is -0.287 e. The first-order chi connectivity index (χ1) is 7.34. The highest BCUT2D eigenvalue weighted by Crippen LogP contribution is 2.28. The molecule has 2 heteroatoms. The average molecular weight is 228 g/mol. The van der Waals surface area contributed by atoms with Crippen molar-refractivity contribution in [3.05, 3.63) is 0 Å². The Balaban J connectivity index is 2.02. The van der Waals surface area contributed by atoms with Gasteiger partial charge in [-0.25, -0.2) is 0 Å². The summed E-state index contributed by atoms with van der Waals surface area (Å²) in [4.78, 5) is 11.8. The minimum absolute atomic E-state index is 0.398. The Bertz CT molecular complexity index is 173. The number of unbranched alkanes of at least 4 members (excludes halogenated alkanes) is 3. The fraction of sp³-hybridized carbons (Fsp3) is 0.923. The Morgan fingerprint density at radius 1 is 1.13 bits per heavy atom. The smallest absolute Gasteiger partial charge is 0.192 e. The number of carbonyl (C=O) groups excluding carboxylic acids is 1.